The largest absolute Gasteiger partial charge is 0.400 e. The molecule has 0 saturated heterocycles. The summed E-state index contributed by atoms with van der Waals surface area (Å²) in [6.45, 7) is 8.84. The molecule has 0 unspecified atom stereocenters. The topological polar surface area (TPSA) is 40.5 Å². The van der Waals surface area contributed by atoms with E-state index in [1.54, 1.807) is 0 Å². The molecule has 0 aliphatic heterocycles. The van der Waals surface area contributed by atoms with Crippen LogP contribution in [0.1, 0.15) is 61.8 Å². The predicted molar refractivity (Wildman–Crippen MR) is 107 cm³/mol. The van der Waals surface area contributed by atoms with E-state index < -0.39 is 0 Å². The molecule has 2 aromatic rings. The Bertz CT molecular complexity index is 428. The van der Waals surface area contributed by atoms with E-state index in [4.69, 9.17) is 10.2 Å². The van der Waals surface area contributed by atoms with Crippen molar-refractivity contribution in [3.8, 4) is 0 Å². The number of rotatable bonds is 6. The van der Waals surface area contributed by atoms with Gasteiger partial charge in [-0.15, -0.1) is 0 Å². The van der Waals surface area contributed by atoms with Crippen molar-refractivity contribution in [1.29, 1.82) is 0 Å². The Morgan fingerprint density at radius 1 is 0.720 bits per heavy atom. The van der Waals surface area contributed by atoms with Crippen LogP contribution in [0.15, 0.2) is 36.4 Å². The summed E-state index contributed by atoms with van der Waals surface area (Å²) in [5.74, 6) is 0. The van der Waals surface area contributed by atoms with Crippen LogP contribution in [0.25, 0.3) is 0 Å². The van der Waals surface area contributed by atoms with Crippen LogP contribution in [0.4, 0.5) is 0 Å². The van der Waals surface area contributed by atoms with E-state index in [0.29, 0.717) is 0 Å². The van der Waals surface area contributed by atoms with Crippen molar-refractivity contribution in [2.45, 2.75) is 66.2 Å². The van der Waals surface area contributed by atoms with Crippen LogP contribution in [0.2, 0.25) is 0 Å². The molecule has 0 heterocycles. The van der Waals surface area contributed by atoms with Crippen LogP contribution in [0.3, 0.4) is 0 Å². The molecule has 0 radical (unpaired) electrons. The van der Waals surface area contributed by atoms with Crippen molar-refractivity contribution < 1.29 is 36.1 Å². The van der Waals surface area contributed by atoms with Gasteiger partial charge in [0.2, 0.25) is 0 Å². The van der Waals surface area contributed by atoms with Crippen LogP contribution in [0, 0.1) is 13.8 Å². The first-order chi connectivity index (χ1) is 11.7. The van der Waals surface area contributed by atoms with Gasteiger partial charge >= 0.3 is 0 Å². The Labute approximate surface area is 174 Å². The summed E-state index contributed by atoms with van der Waals surface area (Å²) in [6.07, 6.45) is 7.76. The second-order valence-electron chi connectivity index (χ2n) is 5.68. The van der Waals surface area contributed by atoms with Crippen molar-refractivity contribution in [2.75, 3.05) is 14.2 Å². The first-order valence-electron chi connectivity index (χ1n) is 9.00. The Balaban J connectivity index is -0.000000312. The molecule has 0 aliphatic carbocycles. The minimum Gasteiger partial charge on any atom is -0.400 e. The van der Waals surface area contributed by atoms with Crippen LogP contribution in [0.5, 0.6) is 0 Å². The van der Waals surface area contributed by atoms with Gasteiger partial charge in [0.15, 0.2) is 0 Å². The van der Waals surface area contributed by atoms with Crippen LogP contribution in [-0.4, -0.2) is 24.4 Å². The SMILES string of the molecule is CCCCc1ccc[c-]1C.CCCCc1ccc[c-]1C.CO.CO.[Hf]. The molecule has 25 heavy (non-hydrogen) atoms. The predicted octanol–water partition coefficient (Wildman–Crippen LogP) is 5.33. The summed E-state index contributed by atoms with van der Waals surface area (Å²) >= 11 is 0. The first kappa shape index (κ1) is 29.3. The summed E-state index contributed by atoms with van der Waals surface area (Å²) in [5, 5.41) is 14.0. The summed E-state index contributed by atoms with van der Waals surface area (Å²) in [4.78, 5) is 0. The molecule has 0 fully saturated rings. The zero-order valence-electron chi connectivity index (χ0n) is 17.1. The third-order valence-electron chi connectivity index (χ3n) is 3.90. The van der Waals surface area contributed by atoms with Gasteiger partial charge in [-0.1, -0.05) is 66.2 Å². The number of aliphatic hydroxyl groups excluding tert-OH is 2. The summed E-state index contributed by atoms with van der Waals surface area (Å²) in [5.41, 5.74) is 5.96. The van der Waals surface area contributed by atoms with E-state index in [2.05, 4.69) is 64.1 Å². The molecular formula is C22H38HfO2-2. The first-order valence-corrected chi connectivity index (χ1v) is 9.00. The standard InChI is InChI=1S/2C10H15.2CH4O.Hf/c2*1-3-4-7-10-8-5-6-9(10)2;2*1-2;/h2*5-6,8H,3-4,7H2,1-2H3;2*2H,1H3;/q2*-1;;;. The van der Waals surface area contributed by atoms with Gasteiger partial charge in [0.1, 0.15) is 0 Å². The third-order valence-corrected chi connectivity index (χ3v) is 3.90. The van der Waals surface area contributed by atoms with E-state index >= 15 is 0 Å². The molecule has 2 N–H and O–H groups in total. The van der Waals surface area contributed by atoms with Crippen LogP contribution < -0.4 is 0 Å². The second-order valence-corrected chi connectivity index (χ2v) is 5.68. The number of hydrogen-bond acceptors (Lipinski definition) is 2. The van der Waals surface area contributed by atoms with E-state index in [-0.39, 0.29) is 25.8 Å². The zero-order chi connectivity index (χ0) is 18.8. The molecule has 0 amide bonds. The van der Waals surface area contributed by atoms with Gasteiger partial charge < -0.3 is 10.2 Å². The number of unbranched alkanes of at least 4 members (excludes halogenated alkanes) is 2. The molecule has 144 valence electrons. The van der Waals surface area contributed by atoms with Crippen LogP contribution in [-0.2, 0) is 38.7 Å². The molecule has 2 nitrogen and oxygen atoms in total. The van der Waals surface area contributed by atoms with Gasteiger partial charge in [-0.25, -0.2) is 24.3 Å². The fraction of sp³-hybridized carbons (Fsp3) is 0.545. The average molecular weight is 513 g/mol. The Morgan fingerprint density at radius 3 is 1.24 bits per heavy atom. The van der Waals surface area contributed by atoms with Gasteiger partial charge in [-0.05, 0) is 0 Å². The van der Waals surface area contributed by atoms with Gasteiger partial charge in [0.25, 0.3) is 0 Å². The van der Waals surface area contributed by atoms with Gasteiger partial charge in [0, 0.05) is 40.1 Å². The average Bonchev–Trinajstić information content (AvgIpc) is 3.23. The van der Waals surface area contributed by atoms with E-state index in [0.717, 1.165) is 14.2 Å². The monoisotopic (exact) mass is 514 g/mol. The molecular weight excluding hydrogens is 475 g/mol. The molecule has 3 heteroatoms. The molecule has 0 atom stereocenters. The van der Waals surface area contributed by atoms with Crippen molar-refractivity contribution in [3.63, 3.8) is 0 Å². The maximum absolute atomic E-state index is 7.00. The van der Waals surface area contributed by atoms with E-state index in [9.17, 15) is 0 Å². The zero-order valence-corrected chi connectivity index (χ0v) is 20.7. The molecule has 0 bridgehead atoms. The van der Waals surface area contributed by atoms with Gasteiger partial charge in [0.05, 0.1) is 0 Å². The Hall–Kier alpha value is -0.510. The molecule has 0 aliphatic rings. The fourth-order valence-corrected chi connectivity index (χ4v) is 2.39. The minimum atomic E-state index is 0. The van der Waals surface area contributed by atoms with Gasteiger partial charge in [-0.3, -0.25) is 0 Å². The van der Waals surface area contributed by atoms with Crippen LogP contribution >= 0.6 is 0 Å². The van der Waals surface area contributed by atoms with Crippen molar-refractivity contribution >= 4 is 0 Å². The summed E-state index contributed by atoms with van der Waals surface area (Å²) in [6, 6.07) is 13.1. The van der Waals surface area contributed by atoms with E-state index in [1.807, 2.05) is 0 Å². The molecule has 2 rings (SSSR count). The normalized spacial score (nSPS) is 8.64. The van der Waals surface area contributed by atoms with Crippen molar-refractivity contribution in [1.82, 2.24) is 0 Å². The van der Waals surface area contributed by atoms with Crippen molar-refractivity contribution in [3.05, 3.63) is 58.7 Å². The minimum absolute atomic E-state index is 0. The quantitative estimate of drug-likeness (QED) is 0.406. The maximum atomic E-state index is 7.00. The number of hydrogen-bond donors (Lipinski definition) is 2. The molecule has 0 aromatic heterocycles. The molecule has 0 spiro atoms. The third kappa shape index (κ3) is 14.4. The van der Waals surface area contributed by atoms with Crippen molar-refractivity contribution in [2.24, 2.45) is 0 Å². The Morgan fingerprint density at radius 2 is 1.04 bits per heavy atom. The molecule has 0 saturated carbocycles. The summed E-state index contributed by atoms with van der Waals surface area (Å²) < 4.78 is 0. The maximum Gasteiger partial charge on any atom is 0.0319 e. The Kier molecular flexibility index (Phi) is 25.2. The second kappa shape index (κ2) is 21.5. The number of aliphatic hydroxyl groups is 2. The molecule has 2 aromatic carbocycles. The number of aryl methyl sites for hydroxylation is 4. The summed E-state index contributed by atoms with van der Waals surface area (Å²) in [7, 11) is 2.00. The van der Waals surface area contributed by atoms with E-state index in [1.165, 1.54) is 60.8 Å². The fourth-order valence-electron chi connectivity index (χ4n) is 2.39. The van der Waals surface area contributed by atoms with Gasteiger partial charge in [-0.2, -0.15) is 34.4 Å². The smallest absolute Gasteiger partial charge is 0.0319 e.